The first kappa shape index (κ1) is 11.4. The molecule has 1 saturated carbocycles. The van der Waals surface area contributed by atoms with Gasteiger partial charge in [-0.05, 0) is 25.0 Å². The first-order chi connectivity index (χ1) is 7.66. The van der Waals surface area contributed by atoms with E-state index < -0.39 is 0 Å². The lowest BCUT2D eigenvalue weighted by atomic mass is 10.0. The lowest BCUT2D eigenvalue weighted by Gasteiger charge is -2.14. The largest absolute Gasteiger partial charge is 0.327 e. The van der Waals surface area contributed by atoms with Crippen LogP contribution in [0.15, 0.2) is 18.3 Å². The fraction of sp³-hybridized carbons (Fsp3) is 0.455. The molecule has 1 aliphatic rings. The SMILES string of the molecule is NC1CCCC1C(=O)Nc1ccc(Cl)nc1. The van der Waals surface area contributed by atoms with Gasteiger partial charge in [-0.15, -0.1) is 0 Å². The van der Waals surface area contributed by atoms with Gasteiger partial charge in [-0.2, -0.15) is 0 Å². The highest BCUT2D eigenvalue weighted by Gasteiger charge is 2.30. The van der Waals surface area contributed by atoms with Crippen molar-refractivity contribution in [3.05, 3.63) is 23.5 Å². The monoisotopic (exact) mass is 239 g/mol. The number of halogens is 1. The molecule has 1 aromatic rings. The van der Waals surface area contributed by atoms with Gasteiger partial charge in [0.15, 0.2) is 0 Å². The Labute approximate surface area is 99.2 Å². The van der Waals surface area contributed by atoms with E-state index in [0.29, 0.717) is 10.8 Å². The van der Waals surface area contributed by atoms with E-state index in [1.165, 1.54) is 0 Å². The molecular formula is C11H14ClN3O. The molecule has 86 valence electrons. The Hall–Kier alpha value is -1.13. The smallest absolute Gasteiger partial charge is 0.229 e. The van der Waals surface area contributed by atoms with Crippen LogP contribution in [0.1, 0.15) is 19.3 Å². The molecule has 16 heavy (non-hydrogen) atoms. The van der Waals surface area contributed by atoms with Gasteiger partial charge in [-0.25, -0.2) is 4.98 Å². The van der Waals surface area contributed by atoms with Crippen molar-refractivity contribution in [3.8, 4) is 0 Å². The van der Waals surface area contributed by atoms with E-state index in [1.54, 1.807) is 18.3 Å². The number of hydrogen-bond acceptors (Lipinski definition) is 3. The fourth-order valence-corrected chi connectivity index (χ4v) is 2.11. The summed E-state index contributed by atoms with van der Waals surface area (Å²) in [6, 6.07) is 3.36. The van der Waals surface area contributed by atoms with E-state index in [-0.39, 0.29) is 17.9 Å². The Morgan fingerprint density at radius 3 is 2.88 bits per heavy atom. The molecule has 4 nitrogen and oxygen atoms in total. The molecule has 1 fully saturated rings. The van der Waals surface area contributed by atoms with Gasteiger partial charge in [-0.3, -0.25) is 4.79 Å². The van der Waals surface area contributed by atoms with Crippen LogP contribution in [0.3, 0.4) is 0 Å². The third kappa shape index (κ3) is 2.51. The second-order valence-electron chi connectivity index (χ2n) is 4.06. The van der Waals surface area contributed by atoms with Gasteiger partial charge >= 0.3 is 0 Å². The van der Waals surface area contributed by atoms with Crippen LogP contribution in [0.2, 0.25) is 5.15 Å². The predicted octanol–water partition coefficient (Wildman–Crippen LogP) is 1.80. The van der Waals surface area contributed by atoms with Gasteiger partial charge in [0, 0.05) is 6.04 Å². The summed E-state index contributed by atoms with van der Waals surface area (Å²) in [5, 5.41) is 3.21. The van der Waals surface area contributed by atoms with Crippen molar-refractivity contribution in [2.75, 3.05) is 5.32 Å². The molecule has 3 N–H and O–H groups in total. The minimum Gasteiger partial charge on any atom is -0.327 e. The second kappa shape index (κ2) is 4.80. The summed E-state index contributed by atoms with van der Waals surface area (Å²) in [4.78, 5) is 15.8. The van der Waals surface area contributed by atoms with Gasteiger partial charge in [0.05, 0.1) is 17.8 Å². The highest BCUT2D eigenvalue weighted by atomic mass is 35.5. The third-order valence-corrected chi connectivity index (χ3v) is 3.12. The number of pyridine rings is 1. The van der Waals surface area contributed by atoms with Gasteiger partial charge in [-0.1, -0.05) is 18.0 Å². The van der Waals surface area contributed by atoms with Crippen molar-refractivity contribution in [1.82, 2.24) is 4.98 Å². The predicted molar refractivity (Wildman–Crippen MR) is 63.2 cm³/mol. The van der Waals surface area contributed by atoms with Crippen molar-refractivity contribution in [3.63, 3.8) is 0 Å². The van der Waals surface area contributed by atoms with E-state index in [0.717, 1.165) is 19.3 Å². The minimum absolute atomic E-state index is 0.0136. The summed E-state index contributed by atoms with van der Waals surface area (Å²) in [5.41, 5.74) is 6.52. The molecule has 0 spiro atoms. The minimum atomic E-state index is -0.0734. The van der Waals surface area contributed by atoms with Crippen molar-refractivity contribution in [1.29, 1.82) is 0 Å². The summed E-state index contributed by atoms with van der Waals surface area (Å²) in [6.07, 6.45) is 4.36. The number of hydrogen-bond donors (Lipinski definition) is 2. The zero-order chi connectivity index (χ0) is 11.5. The van der Waals surface area contributed by atoms with E-state index >= 15 is 0 Å². The first-order valence-electron chi connectivity index (χ1n) is 5.35. The van der Waals surface area contributed by atoms with Crippen LogP contribution in [0.25, 0.3) is 0 Å². The van der Waals surface area contributed by atoms with E-state index in [4.69, 9.17) is 17.3 Å². The van der Waals surface area contributed by atoms with Crippen LogP contribution in [0, 0.1) is 5.92 Å². The molecule has 1 aliphatic carbocycles. The summed E-state index contributed by atoms with van der Waals surface area (Å²) in [7, 11) is 0. The van der Waals surface area contributed by atoms with Crippen LogP contribution in [0.5, 0.6) is 0 Å². The Bertz CT molecular complexity index is 379. The molecule has 1 amide bonds. The normalized spacial score (nSPS) is 24.4. The number of amides is 1. The van der Waals surface area contributed by atoms with E-state index in [1.807, 2.05) is 0 Å². The molecule has 0 aliphatic heterocycles. The van der Waals surface area contributed by atoms with Gasteiger partial charge in [0.2, 0.25) is 5.91 Å². The number of rotatable bonds is 2. The number of nitrogens with one attached hydrogen (secondary N) is 1. The second-order valence-corrected chi connectivity index (χ2v) is 4.45. The number of carbonyl (C=O) groups is 1. The van der Waals surface area contributed by atoms with Crippen molar-refractivity contribution < 1.29 is 4.79 Å². The maximum absolute atomic E-state index is 11.9. The maximum Gasteiger partial charge on any atom is 0.229 e. The average Bonchev–Trinajstić information content (AvgIpc) is 2.68. The molecule has 2 unspecified atom stereocenters. The highest BCUT2D eigenvalue weighted by molar-refractivity contribution is 6.29. The molecule has 2 rings (SSSR count). The van der Waals surface area contributed by atoms with Crippen molar-refractivity contribution in [2.24, 2.45) is 11.7 Å². The van der Waals surface area contributed by atoms with Crippen molar-refractivity contribution >= 4 is 23.2 Å². The topological polar surface area (TPSA) is 68.0 Å². The lowest BCUT2D eigenvalue weighted by Crippen LogP contribution is -2.34. The van der Waals surface area contributed by atoms with Crippen molar-refractivity contribution in [2.45, 2.75) is 25.3 Å². The molecule has 5 heteroatoms. The molecule has 1 heterocycles. The molecule has 0 saturated heterocycles. The van der Waals surface area contributed by atoms with Crippen LogP contribution >= 0.6 is 11.6 Å². The molecule has 2 atom stereocenters. The number of nitrogens with two attached hydrogens (primary N) is 1. The fourth-order valence-electron chi connectivity index (χ4n) is 2.00. The number of carbonyl (C=O) groups excluding carboxylic acids is 1. The molecule has 0 radical (unpaired) electrons. The maximum atomic E-state index is 11.9. The quantitative estimate of drug-likeness (QED) is 0.774. The van der Waals surface area contributed by atoms with Crippen LogP contribution in [-0.4, -0.2) is 16.9 Å². The van der Waals surface area contributed by atoms with Gasteiger partial charge in [0.1, 0.15) is 5.15 Å². The highest BCUT2D eigenvalue weighted by Crippen LogP contribution is 2.25. The summed E-state index contributed by atoms with van der Waals surface area (Å²) < 4.78 is 0. The average molecular weight is 240 g/mol. The van der Waals surface area contributed by atoms with Crippen LogP contribution in [-0.2, 0) is 4.79 Å². The molecule has 1 aromatic heterocycles. The number of aromatic nitrogens is 1. The Morgan fingerprint density at radius 2 is 2.31 bits per heavy atom. The van der Waals surface area contributed by atoms with E-state index in [9.17, 15) is 4.79 Å². The van der Waals surface area contributed by atoms with Crippen LogP contribution < -0.4 is 11.1 Å². The number of nitrogens with zero attached hydrogens (tertiary/aromatic N) is 1. The molecule has 0 aromatic carbocycles. The van der Waals surface area contributed by atoms with Crippen LogP contribution in [0.4, 0.5) is 5.69 Å². The first-order valence-corrected chi connectivity index (χ1v) is 5.72. The molecule has 0 bridgehead atoms. The zero-order valence-electron chi connectivity index (χ0n) is 8.82. The number of anilines is 1. The molecular weight excluding hydrogens is 226 g/mol. The Kier molecular flexibility index (Phi) is 3.41. The third-order valence-electron chi connectivity index (χ3n) is 2.90. The Balaban J connectivity index is 1.99. The summed E-state index contributed by atoms with van der Waals surface area (Å²) in [5.74, 6) is -0.0928. The lowest BCUT2D eigenvalue weighted by molar-refractivity contribution is -0.120. The summed E-state index contributed by atoms with van der Waals surface area (Å²) in [6.45, 7) is 0. The summed E-state index contributed by atoms with van der Waals surface area (Å²) >= 11 is 5.65. The standard InChI is InChI=1S/C11H14ClN3O/c12-10-5-4-7(6-14-10)15-11(16)8-2-1-3-9(8)13/h4-6,8-9H,1-3,13H2,(H,15,16). The Morgan fingerprint density at radius 1 is 1.50 bits per heavy atom. The zero-order valence-corrected chi connectivity index (χ0v) is 9.57. The van der Waals surface area contributed by atoms with Gasteiger partial charge in [0.25, 0.3) is 0 Å². The van der Waals surface area contributed by atoms with E-state index in [2.05, 4.69) is 10.3 Å². The van der Waals surface area contributed by atoms with Gasteiger partial charge < -0.3 is 11.1 Å².